The molecular weight excluding hydrogens is 360 g/mol. The molecule has 27 heavy (non-hydrogen) atoms. The zero-order valence-corrected chi connectivity index (χ0v) is 16.2. The van der Waals surface area contributed by atoms with Gasteiger partial charge in [-0.05, 0) is 37.1 Å². The predicted octanol–water partition coefficient (Wildman–Crippen LogP) is 3.94. The summed E-state index contributed by atoms with van der Waals surface area (Å²) in [4.78, 5) is 21.9. The lowest BCUT2D eigenvalue weighted by Crippen LogP contribution is -2.41. The van der Waals surface area contributed by atoms with Crippen LogP contribution in [0, 0.1) is 6.92 Å². The number of benzene rings is 1. The summed E-state index contributed by atoms with van der Waals surface area (Å²) in [6, 6.07) is 5.99. The number of fused-ring (bicyclic) bond motifs is 1. The minimum atomic E-state index is -0.0428. The maximum atomic E-state index is 12.4. The number of methoxy groups -OCH3 is 1. The lowest BCUT2D eigenvalue weighted by molar-refractivity contribution is 0.202. The molecule has 6 nitrogen and oxygen atoms in total. The van der Waals surface area contributed by atoms with Crippen LogP contribution in [0.3, 0.4) is 0 Å². The molecule has 140 valence electrons. The summed E-state index contributed by atoms with van der Waals surface area (Å²) < 4.78 is 5.35. The number of carbonyl (C=O) groups is 1. The molecule has 0 unspecified atom stereocenters. The van der Waals surface area contributed by atoms with Crippen LogP contribution in [0.4, 0.5) is 4.79 Å². The van der Waals surface area contributed by atoms with Gasteiger partial charge in [0, 0.05) is 46.8 Å². The second-order valence-electron chi connectivity index (χ2n) is 6.58. The normalized spacial score (nSPS) is 14.3. The molecule has 4 rings (SSSR count). The molecule has 0 atom stereocenters. The summed E-state index contributed by atoms with van der Waals surface area (Å²) in [7, 11) is 1.68. The average Bonchev–Trinajstić information content (AvgIpc) is 3.31. The first kappa shape index (κ1) is 17.6. The summed E-state index contributed by atoms with van der Waals surface area (Å²) in [5.74, 6) is 0.846. The number of aromatic amines is 1. The number of thiazole rings is 1. The number of H-pyrrole nitrogens is 1. The second kappa shape index (κ2) is 7.44. The molecule has 0 spiro atoms. The van der Waals surface area contributed by atoms with Gasteiger partial charge in [0.1, 0.15) is 10.8 Å². The Morgan fingerprint density at radius 3 is 3.04 bits per heavy atom. The van der Waals surface area contributed by atoms with Crippen LogP contribution in [0.2, 0.25) is 0 Å². The first-order chi connectivity index (χ1) is 13.1. The van der Waals surface area contributed by atoms with E-state index >= 15 is 0 Å². The van der Waals surface area contributed by atoms with Crippen molar-refractivity contribution in [3.63, 3.8) is 0 Å². The van der Waals surface area contributed by atoms with Gasteiger partial charge in [-0.2, -0.15) is 0 Å². The molecule has 0 saturated carbocycles. The number of rotatable bonds is 4. The SMILES string of the molecule is COc1ccc2[nH]cc(C3=CCN(C(=O)NCc4nc(C)cs4)CC3)c2c1. The Bertz CT molecular complexity index is 1000. The number of nitrogens with one attached hydrogen (secondary N) is 2. The monoisotopic (exact) mass is 382 g/mol. The van der Waals surface area contributed by atoms with E-state index in [1.165, 1.54) is 11.1 Å². The maximum absolute atomic E-state index is 12.4. The van der Waals surface area contributed by atoms with Gasteiger partial charge in [-0.1, -0.05) is 6.08 Å². The third-order valence-electron chi connectivity index (χ3n) is 4.79. The van der Waals surface area contributed by atoms with Crippen LogP contribution in [0.1, 0.15) is 22.7 Å². The molecule has 0 bridgehead atoms. The zero-order valence-electron chi connectivity index (χ0n) is 15.4. The van der Waals surface area contributed by atoms with E-state index in [0.717, 1.165) is 33.8 Å². The number of hydrogen-bond donors (Lipinski definition) is 2. The van der Waals surface area contributed by atoms with E-state index in [0.29, 0.717) is 19.6 Å². The van der Waals surface area contributed by atoms with Crippen molar-refractivity contribution < 1.29 is 9.53 Å². The van der Waals surface area contributed by atoms with Gasteiger partial charge < -0.3 is 19.9 Å². The highest BCUT2D eigenvalue weighted by Gasteiger charge is 2.19. The second-order valence-corrected chi connectivity index (χ2v) is 7.52. The number of ether oxygens (including phenoxy) is 1. The maximum Gasteiger partial charge on any atom is 0.318 e. The van der Waals surface area contributed by atoms with E-state index < -0.39 is 0 Å². The van der Waals surface area contributed by atoms with E-state index in [1.807, 2.05) is 35.5 Å². The van der Waals surface area contributed by atoms with Crippen molar-refractivity contribution in [1.82, 2.24) is 20.2 Å². The third kappa shape index (κ3) is 3.68. The first-order valence-electron chi connectivity index (χ1n) is 8.92. The molecule has 3 aromatic rings. The van der Waals surface area contributed by atoms with Crippen LogP contribution in [0.25, 0.3) is 16.5 Å². The summed E-state index contributed by atoms with van der Waals surface area (Å²) in [5, 5.41) is 7.04. The Morgan fingerprint density at radius 2 is 2.33 bits per heavy atom. The number of carbonyl (C=O) groups excluding carboxylic acids is 1. The van der Waals surface area contributed by atoms with E-state index in [-0.39, 0.29) is 6.03 Å². The fourth-order valence-corrected chi connectivity index (χ4v) is 4.05. The van der Waals surface area contributed by atoms with Crippen LogP contribution in [-0.2, 0) is 6.54 Å². The van der Waals surface area contributed by atoms with Gasteiger partial charge in [0.15, 0.2) is 0 Å². The van der Waals surface area contributed by atoms with Crippen LogP contribution >= 0.6 is 11.3 Å². The number of aromatic nitrogens is 2. The van der Waals surface area contributed by atoms with Gasteiger partial charge in [-0.3, -0.25) is 0 Å². The van der Waals surface area contributed by atoms with E-state index in [4.69, 9.17) is 4.74 Å². The van der Waals surface area contributed by atoms with Crippen molar-refractivity contribution in [2.45, 2.75) is 19.9 Å². The molecule has 0 aliphatic carbocycles. The van der Waals surface area contributed by atoms with Gasteiger partial charge in [0.2, 0.25) is 0 Å². The zero-order chi connectivity index (χ0) is 18.8. The highest BCUT2D eigenvalue weighted by atomic mass is 32.1. The van der Waals surface area contributed by atoms with Crippen molar-refractivity contribution in [2.24, 2.45) is 0 Å². The molecule has 1 aliphatic heterocycles. The standard InChI is InChI=1S/C20H22N4O2S/c1-13-12-27-19(23-13)11-22-20(25)24-7-5-14(6-8-24)17-10-21-18-4-3-15(26-2)9-16(17)18/h3-5,9-10,12,21H,6-8,11H2,1-2H3,(H,22,25). The van der Waals surface area contributed by atoms with Crippen molar-refractivity contribution in [3.8, 4) is 5.75 Å². The molecule has 0 saturated heterocycles. The van der Waals surface area contributed by atoms with Crippen LogP contribution in [0.15, 0.2) is 35.9 Å². The van der Waals surface area contributed by atoms with Crippen molar-refractivity contribution >= 4 is 33.8 Å². The summed E-state index contributed by atoms with van der Waals surface area (Å²) in [5.41, 5.74) is 4.52. The number of aryl methyl sites for hydroxylation is 1. The largest absolute Gasteiger partial charge is 0.497 e. The minimum Gasteiger partial charge on any atom is -0.497 e. The fraction of sp³-hybridized carbons (Fsp3) is 0.300. The number of hydrogen-bond acceptors (Lipinski definition) is 4. The molecular formula is C20H22N4O2S. The van der Waals surface area contributed by atoms with Crippen molar-refractivity contribution in [3.05, 3.63) is 52.1 Å². The molecule has 1 aliphatic rings. The van der Waals surface area contributed by atoms with E-state index in [9.17, 15) is 4.79 Å². The topological polar surface area (TPSA) is 70.2 Å². The van der Waals surface area contributed by atoms with Gasteiger partial charge in [-0.25, -0.2) is 9.78 Å². The van der Waals surface area contributed by atoms with Gasteiger partial charge in [0.25, 0.3) is 0 Å². The molecule has 7 heteroatoms. The molecule has 3 heterocycles. The van der Waals surface area contributed by atoms with Crippen LogP contribution < -0.4 is 10.1 Å². The number of urea groups is 1. The van der Waals surface area contributed by atoms with Crippen LogP contribution in [0.5, 0.6) is 5.75 Å². The Morgan fingerprint density at radius 1 is 1.44 bits per heavy atom. The van der Waals surface area contributed by atoms with E-state index in [2.05, 4.69) is 27.4 Å². The highest BCUT2D eigenvalue weighted by molar-refractivity contribution is 7.09. The average molecular weight is 382 g/mol. The Hall–Kier alpha value is -2.80. The lowest BCUT2D eigenvalue weighted by atomic mass is 9.99. The van der Waals surface area contributed by atoms with Crippen molar-refractivity contribution in [1.29, 1.82) is 0 Å². The number of amides is 2. The molecule has 1 aromatic carbocycles. The lowest BCUT2D eigenvalue weighted by Gasteiger charge is -2.26. The number of nitrogens with zero attached hydrogens (tertiary/aromatic N) is 2. The predicted molar refractivity (Wildman–Crippen MR) is 108 cm³/mol. The summed E-state index contributed by atoms with van der Waals surface area (Å²) in [6.07, 6.45) is 5.00. The first-order valence-corrected chi connectivity index (χ1v) is 9.80. The summed E-state index contributed by atoms with van der Waals surface area (Å²) >= 11 is 1.57. The minimum absolute atomic E-state index is 0.0428. The van der Waals surface area contributed by atoms with Gasteiger partial charge in [0.05, 0.1) is 13.7 Å². The van der Waals surface area contributed by atoms with Gasteiger partial charge in [-0.15, -0.1) is 11.3 Å². The Kier molecular flexibility index (Phi) is 4.85. The van der Waals surface area contributed by atoms with Crippen molar-refractivity contribution in [2.75, 3.05) is 20.2 Å². The molecule has 0 fully saturated rings. The molecule has 2 amide bonds. The smallest absolute Gasteiger partial charge is 0.318 e. The van der Waals surface area contributed by atoms with E-state index in [1.54, 1.807) is 18.4 Å². The molecule has 0 radical (unpaired) electrons. The third-order valence-corrected chi connectivity index (χ3v) is 5.76. The molecule has 2 N–H and O–H groups in total. The summed E-state index contributed by atoms with van der Waals surface area (Å²) in [6.45, 7) is 3.74. The van der Waals surface area contributed by atoms with Gasteiger partial charge >= 0.3 is 6.03 Å². The quantitative estimate of drug-likeness (QED) is 0.718. The fourth-order valence-electron chi connectivity index (χ4n) is 3.34. The highest BCUT2D eigenvalue weighted by Crippen LogP contribution is 2.31. The Labute approximate surface area is 161 Å². The Balaban J connectivity index is 1.43. The molecule has 2 aromatic heterocycles. The van der Waals surface area contributed by atoms with Crippen LogP contribution in [-0.4, -0.2) is 41.1 Å².